The Hall–Kier alpha value is -1.98. The highest BCUT2D eigenvalue weighted by Crippen LogP contribution is 2.69. The number of aromatic nitrogens is 1. The van der Waals surface area contributed by atoms with Crippen molar-refractivity contribution in [3.05, 3.63) is 45.8 Å². The predicted molar refractivity (Wildman–Crippen MR) is 109 cm³/mol. The summed E-state index contributed by atoms with van der Waals surface area (Å²) in [5, 5.41) is 23.2. The molecule has 5 nitrogen and oxygen atoms in total. The fourth-order valence-electron chi connectivity index (χ4n) is 7.81. The normalized spacial score (nSPS) is 36.2. The Morgan fingerprint density at radius 1 is 1.14 bits per heavy atom. The molecule has 1 aromatic carbocycles. The number of rotatable bonds is 0. The molecule has 1 spiro atoms. The van der Waals surface area contributed by atoms with Crippen LogP contribution in [-0.2, 0) is 38.1 Å². The summed E-state index contributed by atoms with van der Waals surface area (Å²) in [7, 11) is 4.34. The number of benzene rings is 1. The molecular formula is C24H28N2O3. The van der Waals surface area contributed by atoms with Crippen molar-refractivity contribution in [2.75, 3.05) is 13.6 Å². The third kappa shape index (κ3) is 1.63. The summed E-state index contributed by atoms with van der Waals surface area (Å²) in [5.74, 6) is 0.841. The van der Waals surface area contributed by atoms with Gasteiger partial charge in [-0.05, 0) is 74.9 Å². The number of hydrogen-bond acceptors (Lipinski definition) is 4. The van der Waals surface area contributed by atoms with Gasteiger partial charge in [-0.1, -0.05) is 6.07 Å². The van der Waals surface area contributed by atoms with Crippen molar-refractivity contribution in [1.82, 2.24) is 9.47 Å². The summed E-state index contributed by atoms with van der Waals surface area (Å²) in [6.07, 6.45) is 6.86. The monoisotopic (exact) mass is 392 g/mol. The van der Waals surface area contributed by atoms with Crippen LogP contribution < -0.4 is 4.74 Å². The number of aromatic hydroxyl groups is 1. The minimum absolute atomic E-state index is 0.0814. The Balaban J connectivity index is 1.59. The van der Waals surface area contributed by atoms with Gasteiger partial charge in [0.25, 0.3) is 0 Å². The van der Waals surface area contributed by atoms with Crippen LogP contribution in [0.5, 0.6) is 11.5 Å². The molecule has 0 amide bonds. The van der Waals surface area contributed by atoms with Crippen LogP contribution in [0.15, 0.2) is 12.1 Å². The van der Waals surface area contributed by atoms with Gasteiger partial charge in [0.05, 0.1) is 16.7 Å². The van der Waals surface area contributed by atoms with Crippen LogP contribution in [0.25, 0.3) is 0 Å². The molecule has 1 saturated heterocycles. The number of aliphatic hydroxyl groups is 1. The van der Waals surface area contributed by atoms with Crippen LogP contribution >= 0.6 is 0 Å². The van der Waals surface area contributed by atoms with Gasteiger partial charge >= 0.3 is 0 Å². The molecular weight excluding hydrogens is 364 g/mol. The highest BCUT2D eigenvalue weighted by molar-refractivity contribution is 5.65. The van der Waals surface area contributed by atoms with Crippen LogP contribution in [0.2, 0.25) is 0 Å². The predicted octanol–water partition coefficient (Wildman–Crippen LogP) is 2.53. The third-order valence-corrected chi connectivity index (χ3v) is 9.05. The molecule has 5 aliphatic rings. The molecule has 152 valence electrons. The summed E-state index contributed by atoms with van der Waals surface area (Å²) in [4.78, 5) is 2.36. The number of likely N-dealkylation sites (N-methyl/N-ethyl adjacent to an activating group) is 1. The van der Waals surface area contributed by atoms with E-state index in [2.05, 4.69) is 29.6 Å². The number of phenolic OH excluding ortho intramolecular Hbond substituents is 1. The van der Waals surface area contributed by atoms with E-state index in [4.69, 9.17) is 4.74 Å². The minimum Gasteiger partial charge on any atom is -0.504 e. The maximum absolute atomic E-state index is 12.5. The minimum atomic E-state index is -0.865. The van der Waals surface area contributed by atoms with E-state index < -0.39 is 11.0 Å². The van der Waals surface area contributed by atoms with Gasteiger partial charge in [-0.15, -0.1) is 0 Å². The Morgan fingerprint density at radius 3 is 2.83 bits per heavy atom. The fraction of sp³-hybridized carbons (Fsp3) is 0.583. The van der Waals surface area contributed by atoms with Crippen molar-refractivity contribution in [3.63, 3.8) is 0 Å². The molecule has 29 heavy (non-hydrogen) atoms. The average Bonchev–Trinajstić information content (AvgIpc) is 3.19. The maximum atomic E-state index is 12.5. The van der Waals surface area contributed by atoms with Gasteiger partial charge in [0.1, 0.15) is 0 Å². The molecule has 4 atom stereocenters. The number of phenols is 1. The molecule has 0 radical (unpaired) electrons. The van der Waals surface area contributed by atoms with E-state index in [1.807, 2.05) is 0 Å². The summed E-state index contributed by atoms with van der Waals surface area (Å²) in [6.45, 7) is 0.945. The van der Waals surface area contributed by atoms with Gasteiger partial charge in [-0.2, -0.15) is 0 Å². The van der Waals surface area contributed by atoms with E-state index in [-0.39, 0.29) is 17.9 Å². The van der Waals surface area contributed by atoms with Crippen molar-refractivity contribution >= 4 is 0 Å². The largest absolute Gasteiger partial charge is 0.504 e. The van der Waals surface area contributed by atoms with Crippen LogP contribution in [-0.4, -0.2) is 44.9 Å². The number of fused-ring (bicyclic) bond motifs is 4. The molecule has 2 aromatic rings. The van der Waals surface area contributed by atoms with Gasteiger partial charge in [0, 0.05) is 30.8 Å². The fourth-order valence-corrected chi connectivity index (χ4v) is 7.81. The second-order valence-electron chi connectivity index (χ2n) is 10.0. The topological polar surface area (TPSA) is 57.9 Å². The Morgan fingerprint density at radius 2 is 1.97 bits per heavy atom. The van der Waals surface area contributed by atoms with E-state index in [1.54, 1.807) is 6.07 Å². The second kappa shape index (κ2) is 5.01. The van der Waals surface area contributed by atoms with Crippen LogP contribution in [0.3, 0.4) is 0 Å². The molecule has 1 aromatic heterocycles. The number of hydrogen-bond donors (Lipinski definition) is 2. The number of nitrogens with zero attached hydrogens (tertiary/aromatic N) is 2. The summed E-state index contributed by atoms with van der Waals surface area (Å²) < 4.78 is 9.03. The Labute approximate surface area is 170 Å². The zero-order valence-electron chi connectivity index (χ0n) is 17.2. The second-order valence-corrected chi connectivity index (χ2v) is 10.0. The van der Waals surface area contributed by atoms with Gasteiger partial charge in [-0.25, -0.2) is 0 Å². The highest BCUT2D eigenvalue weighted by Gasteiger charge is 2.72. The van der Waals surface area contributed by atoms with Crippen LogP contribution in [0, 0.1) is 0 Å². The van der Waals surface area contributed by atoms with Gasteiger partial charge in [0.15, 0.2) is 17.6 Å². The molecule has 2 bridgehead atoms. The molecule has 5 heteroatoms. The third-order valence-electron chi connectivity index (χ3n) is 9.05. The smallest absolute Gasteiger partial charge is 0.166 e. The first-order valence-corrected chi connectivity index (χ1v) is 11.1. The highest BCUT2D eigenvalue weighted by atomic mass is 16.5. The van der Waals surface area contributed by atoms with Crippen molar-refractivity contribution in [2.45, 2.75) is 68.1 Å². The molecule has 1 fully saturated rings. The Bertz CT molecular complexity index is 1090. The van der Waals surface area contributed by atoms with E-state index in [0.717, 1.165) is 37.8 Å². The molecule has 3 heterocycles. The summed E-state index contributed by atoms with van der Waals surface area (Å²) in [5.41, 5.74) is 6.50. The molecule has 7 rings (SSSR count). The first kappa shape index (κ1) is 16.8. The lowest BCUT2D eigenvalue weighted by molar-refractivity contribution is -0.168. The maximum Gasteiger partial charge on any atom is 0.166 e. The SMILES string of the molecule is CN1CC[C@]23c4c5ccc(O)c4O[C@H]2c2c(c4c(n2C)CCCC4)C[C@@]3(O)[C@@H]1C5. The van der Waals surface area contributed by atoms with E-state index in [0.29, 0.717) is 12.2 Å². The van der Waals surface area contributed by atoms with Crippen molar-refractivity contribution in [2.24, 2.45) is 7.05 Å². The standard InChI is InChI=1S/C24H28N2O3/c1-25-10-9-23-19-13-7-8-17(27)21(19)29-22(23)20-15(12-24(23,28)18(25)11-13)14-5-3-4-6-16(14)26(20)2/h7-8,18,22,27-28H,3-6,9-12H2,1-2H3/t18-,22-,23-,24+/m0/s1. The quantitative estimate of drug-likeness (QED) is 0.723. The first-order chi connectivity index (χ1) is 14.0. The zero-order chi connectivity index (χ0) is 19.7. The summed E-state index contributed by atoms with van der Waals surface area (Å²) in [6, 6.07) is 3.91. The molecule has 3 aliphatic carbocycles. The van der Waals surface area contributed by atoms with Crippen molar-refractivity contribution in [1.29, 1.82) is 0 Å². The molecule has 2 N–H and O–H groups in total. The zero-order valence-corrected chi connectivity index (χ0v) is 17.2. The molecule has 0 unspecified atom stereocenters. The van der Waals surface area contributed by atoms with Crippen molar-refractivity contribution in [3.8, 4) is 11.5 Å². The van der Waals surface area contributed by atoms with Crippen molar-refractivity contribution < 1.29 is 14.9 Å². The van der Waals surface area contributed by atoms with Gasteiger partial charge in [-0.3, -0.25) is 0 Å². The van der Waals surface area contributed by atoms with E-state index >= 15 is 0 Å². The van der Waals surface area contributed by atoms with Crippen LogP contribution in [0.4, 0.5) is 0 Å². The number of ether oxygens (including phenoxy) is 1. The Kier molecular flexibility index (Phi) is 2.90. The van der Waals surface area contributed by atoms with Crippen LogP contribution in [0.1, 0.15) is 59.0 Å². The van der Waals surface area contributed by atoms with Gasteiger partial charge < -0.3 is 24.4 Å². The van der Waals surface area contributed by atoms with Gasteiger partial charge in [0.2, 0.25) is 0 Å². The first-order valence-electron chi connectivity index (χ1n) is 11.1. The average molecular weight is 392 g/mol. The molecule has 2 aliphatic heterocycles. The van der Waals surface area contributed by atoms with E-state index in [9.17, 15) is 10.2 Å². The lowest BCUT2D eigenvalue weighted by Gasteiger charge is -2.62. The lowest BCUT2D eigenvalue weighted by atomic mass is 9.49. The molecule has 0 saturated carbocycles. The number of piperidine rings is 1. The summed E-state index contributed by atoms with van der Waals surface area (Å²) >= 11 is 0. The van der Waals surface area contributed by atoms with E-state index in [1.165, 1.54) is 40.9 Å². The lowest BCUT2D eigenvalue weighted by Crippen LogP contribution is -2.74. The number of likely N-dealkylation sites (tertiary alicyclic amines) is 1.